The van der Waals surface area contributed by atoms with Gasteiger partial charge in [-0.15, -0.1) is 0 Å². The van der Waals surface area contributed by atoms with Gasteiger partial charge in [0.15, 0.2) is 22.7 Å². The van der Waals surface area contributed by atoms with E-state index in [0.717, 1.165) is 4.57 Å². The van der Waals surface area contributed by atoms with Crippen LogP contribution in [-0.2, 0) is 25.4 Å². The van der Waals surface area contributed by atoms with E-state index in [4.69, 9.17) is 16.3 Å². The van der Waals surface area contributed by atoms with Gasteiger partial charge in [-0.05, 0) is 51.1 Å². The zero-order chi connectivity index (χ0) is 28.9. The van der Waals surface area contributed by atoms with E-state index < -0.39 is 22.9 Å². The van der Waals surface area contributed by atoms with E-state index in [1.807, 2.05) is 0 Å². The number of hydrogen-bond acceptors (Lipinski definition) is 8. The molecule has 206 valence electrons. The molecule has 1 N–H and O–H groups in total. The zero-order valence-corrected chi connectivity index (χ0v) is 23.2. The molecule has 0 radical (unpaired) electrons. The standard InChI is InChI=1S/C27H26ClN7O5/c1-27(2,3)40-26(38)35-16(13-17-18(28)7-6-8-19(17)35)14-34-24(36)21-23(33(5)25(34)37)30-22(32(21)4)20(31-39)15-9-11-29-12-10-15/h6-13,39H,14H2,1-5H3/b31-20+. The summed E-state index contributed by atoms with van der Waals surface area (Å²) in [6.07, 6.45) is 2.39. The van der Waals surface area contributed by atoms with Gasteiger partial charge in [0.2, 0.25) is 0 Å². The summed E-state index contributed by atoms with van der Waals surface area (Å²) in [4.78, 5) is 49.0. The third-order valence-corrected chi connectivity index (χ3v) is 6.72. The molecule has 0 bridgehead atoms. The first-order valence-corrected chi connectivity index (χ1v) is 12.6. The van der Waals surface area contributed by atoms with Gasteiger partial charge in [0.05, 0.1) is 17.8 Å². The van der Waals surface area contributed by atoms with Gasteiger partial charge in [-0.3, -0.25) is 18.9 Å². The van der Waals surface area contributed by atoms with Crippen LogP contribution in [0.15, 0.2) is 63.5 Å². The quantitative estimate of drug-likeness (QED) is 0.200. The minimum absolute atomic E-state index is 0.0965. The van der Waals surface area contributed by atoms with Crippen molar-refractivity contribution in [1.82, 2.24) is 28.2 Å². The Labute approximate surface area is 232 Å². The van der Waals surface area contributed by atoms with E-state index in [9.17, 15) is 19.6 Å². The molecule has 0 aliphatic carbocycles. The van der Waals surface area contributed by atoms with Crippen molar-refractivity contribution in [2.45, 2.75) is 32.9 Å². The molecule has 5 rings (SSSR count). The number of ether oxygens (including phenoxy) is 1. The van der Waals surface area contributed by atoms with Crippen LogP contribution in [0.1, 0.15) is 37.9 Å². The van der Waals surface area contributed by atoms with Crippen molar-refractivity contribution >= 4 is 45.5 Å². The summed E-state index contributed by atoms with van der Waals surface area (Å²) >= 11 is 6.42. The number of oxime groups is 1. The molecule has 1 aromatic carbocycles. The number of carbonyl (C=O) groups excluding carboxylic acids is 1. The lowest BCUT2D eigenvalue weighted by atomic mass is 10.1. The molecule has 13 heteroatoms. The van der Waals surface area contributed by atoms with E-state index in [1.165, 1.54) is 33.1 Å². The predicted octanol–water partition coefficient (Wildman–Crippen LogP) is 3.49. The number of halogens is 1. The third-order valence-electron chi connectivity index (χ3n) is 6.39. The molecule has 0 fully saturated rings. The number of benzene rings is 1. The van der Waals surface area contributed by atoms with Crippen LogP contribution in [0.2, 0.25) is 5.02 Å². The molecular weight excluding hydrogens is 538 g/mol. The first kappa shape index (κ1) is 26.9. The predicted molar refractivity (Wildman–Crippen MR) is 150 cm³/mol. The second kappa shape index (κ2) is 9.79. The lowest BCUT2D eigenvalue weighted by Crippen LogP contribution is -2.40. The molecule has 0 saturated heterocycles. The van der Waals surface area contributed by atoms with Gasteiger partial charge >= 0.3 is 11.8 Å². The van der Waals surface area contributed by atoms with Gasteiger partial charge in [-0.25, -0.2) is 19.1 Å². The molecule has 0 amide bonds. The Morgan fingerprint density at radius 2 is 1.80 bits per heavy atom. The maximum atomic E-state index is 13.8. The Bertz CT molecular complexity index is 1940. The summed E-state index contributed by atoms with van der Waals surface area (Å²) in [5.74, 6) is 0.170. The van der Waals surface area contributed by atoms with Crippen molar-refractivity contribution < 1.29 is 14.7 Å². The minimum Gasteiger partial charge on any atom is -0.443 e. The highest BCUT2D eigenvalue weighted by atomic mass is 35.5. The number of nitrogens with zero attached hydrogens (tertiary/aromatic N) is 7. The van der Waals surface area contributed by atoms with Gasteiger partial charge in [0.1, 0.15) is 5.60 Å². The first-order valence-electron chi connectivity index (χ1n) is 12.2. The van der Waals surface area contributed by atoms with Crippen molar-refractivity contribution in [3.05, 3.63) is 91.7 Å². The zero-order valence-electron chi connectivity index (χ0n) is 22.4. The van der Waals surface area contributed by atoms with Crippen LogP contribution in [0.4, 0.5) is 4.79 Å². The van der Waals surface area contributed by atoms with E-state index in [-0.39, 0.29) is 29.2 Å². The summed E-state index contributed by atoms with van der Waals surface area (Å²) in [5.41, 5.74) is -0.459. The number of pyridine rings is 1. The largest absolute Gasteiger partial charge is 0.443 e. The Morgan fingerprint density at radius 1 is 1.10 bits per heavy atom. The van der Waals surface area contributed by atoms with Crippen LogP contribution in [0.5, 0.6) is 0 Å². The average molecular weight is 564 g/mol. The molecule has 5 aromatic rings. The first-order chi connectivity index (χ1) is 18.9. The summed E-state index contributed by atoms with van der Waals surface area (Å²) in [6, 6.07) is 10.0. The Balaban J connectivity index is 1.71. The molecule has 0 atom stereocenters. The van der Waals surface area contributed by atoms with Gasteiger partial charge < -0.3 is 14.5 Å². The van der Waals surface area contributed by atoms with Crippen molar-refractivity contribution in [3.8, 4) is 0 Å². The maximum absolute atomic E-state index is 13.8. The summed E-state index contributed by atoms with van der Waals surface area (Å²) in [6.45, 7) is 4.98. The van der Waals surface area contributed by atoms with Crippen LogP contribution in [0.3, 0.4) is 0 Å². The van der Waals surface area contributed by atoms with Crippen LogP contribution < -0.4 is 11.2 Å². The lowest BCUT2D eigenvalue weighted by Gasteiger charge is -2.21. The number of fused-ring (bicyclic) bond motifs is 2. The molecule has 0 spiro atoms. The number of aromatic nitrogens is 6. The van der Waals surface area contributed by atoms with Gasteiger partial charge in [-0.2, -0.15) is 0 Å². The van der Waals surface area contributed by atoms with Crippen molar-refractivity contribution in [1.29, 1.82) is 0 Å². The van der Waals surface area contributed by atoms with Crippen LogP contribution in [-0.4, -0.2) is 50.8 Å². The number of aryl methyl sites for hydroxylation is 2. The Morgan fingerprint density at radius 3 is 2.45 bits per heavy atom. The maximum Gasteiger partial charge on any atom is 0.419 e. The van der Waals surface area contributed by atoms with E-state index in [2.05, 4.69) is 15.1 Å². The highest BCUT2D eigenvalue weighted by Gasteiger charge is 2.26. The number of carbonyl (C=O) groups is 1. The van der Waals surface area contributed by atoms with Crippen LogP contribution in [0, 0.1) is 0 Å². The topological polar surface area (TPSA) is 139 Å². The SMILES string of the molecule is Cn1c(/C(=N/O)c2ccncc2)nc2c1c(=O)n(Cc1cc3c(Cl)cccc3n1C(=O)OC(C)(C)C)c(=O)n2C. The smallest absolute Gasteiger partial charge is 0.419 e. The fourth-order valence-corrected chi connectivity index (χ4v) is 4.81. The molecule has 0 saturated carbocycles. The highest BCUT2D eigenvalue weighted by Crippen LogP contribution is 2.28. The van der Waals surface area contributed by atoms with Crippen LogP contribution in [0.25, 0.3) is 22.1 Å². The van der Waals surface area contributed by atoms with E-state index in [1.54, 1.807) is 64.2 Å². The monoisotopic (exact) mass is 563 g/mol. The van der Waals surface area contributed by atoms with Gasteiger partial charge in [0, 0.05) is 42.5 Å². The summed E-state index contributed by atoms with van der Waals surface area (Å²) in [5, 5.41) is 14.1. The molecular formula is C27H26ClN7O5. The van der Waals surface area contributed by atoms with Crippen LogP contribution >= 0.6 is 11.6 Å². The number of rotatable bonds is 4. The summed E-state index contributed by atoms with van der Waals surface area (Å²) < 4.78 is 10.6. The molecule has 0 aliphatic heterocycles. The molecule has 4 aromatic heterocycles. The average Bonchev–Trinajstić information content (AvgIpc) is 3.44. The fraction of sp³-hybridized carbons (Fsp3) is 0.259. The fourth-order valence-electron chi connectivity index (χ4n) is 4.59. The second-order valence-electron chi connectivity index (χ2n) is 10.2. The van der Waals surface area contributed by atoms with E-state index in [0.29, 0.717) is 27.2 Å². The molecule has 0 unspecified atom stereocenters. The molecule has 4 heterocycles. The lowest BCUT2D eigenvalue weighted by molar-refractivity contribution is 0.0540. The number of hydrogen-bond donors (Lipinski definition) is 1. The normalized spacial score (nSPS) is 12.4. The Hall–Kier alpha value is -4.71. The minimum atomic E-state index is -0.790. The molecule has 0 aliphatic rings. The Kier molecular flexibility index (Phi) is 6.58. The van der Waals surface area contributed by atoms with Crippen molar-refractivity contribution in [2.24, 2.45) is 19.3 Å². The van der Waals surface area contributed by atoms with Crippen molar-refractivity contribution in [2.75, 3.05) is 0 Å². The number of imidazole rings is 1. The third kappa shape index (κ3) is 4.45. The van der Waals surface area contributed by atoms with Gasteiger partial charge in [-0.1, -0.05) is 22.8 Å². The highest BCUT2D eigenvalue weighted by molar-refractivity contribution is 6.35. The van der Waals surface area contributed by atoms with E-state index >= 15 is 0 Å². The van der Waals surface area contributed by atoms with Gasteiger partial charge in [0.25, 0.3) is 5.56 Å². The van der Waals surface area contributed by atoms with Crippen molar-refractivity contribution in [3.63, 3.8) is 0 Å². The second-order valence-corrected chi connectivity index (χ2v) is 10.6. The molecule has 40 heavy (non-hydrogen) atoms. The molecule has 12 nitrogen and oxygen atoms in total. The summed E-state index contributed by atoms with van der Waals surface area (Å²) in [7, 11) is 3.07.